The van der Waals surface area contributed by atoms with Crippen molar-refractivity contribution in [3.05, 3.63) is 12.2 Å². The lowest BCUT2D eigenvalue weighted by molar-refractivity contribution is 0.0418. The van der Waals surface area contributed by atoms with Gasteiger partial charge in [0, 0.05) is 13.5 Å². The Kier molecular flexibility index (Phi) is 2.31. The van der Waals surface area contributed by atoms with Crippen molar-refractivity contribution in [1.82, 2.24) is 14.8 Å². The lowest BCUT2D eigenvalue weighted by atomic mass is 9.96. The normalized spacial score (nSPS) is 32.4. The van der Waals surface area contributed by atoms with E-state index in [0.29, 0.717) is 12.3 Å². The molecule has 1 aliphatic carbocycles. The van der Waals surface area contributed by atoms with Crippen LogP contribution in [0, 0.1) is 5.92 Å². The van der Waals surface area contributed by atoms with Gasteiger partial charge in [-0.2, -0.15) is 5.10 Å². The molecule has 0 aliphatic heterocycles. The van der Waals surface area contributed by atoms with Gasteiger partial charge in [-0.1, -0.05) is 6.92 Å². The summed E-state index contributed by atoms with van der Waals surface area (Å²) in [5, 5.41) is 14.3. The Morgan fingerprint density at radius 3 is 3.00 bits per heavy atom. The second-order valence-electron chi connectivity index (χ2n) is 4.55. The van der Waals surface area contributed by atoms with Crippen LogP contribution in [0.5, 0.6) is 0 Å². The topological polar surface area (TPSA) is 50.9 Å². The lowest BCUT2D eigenvalue weighted by Gasteiger charge is -2.21. The second kappa shape index (κ2) is 3.35. The minimum Gasteiger partial charge on any atom is -0.389 e. The molecule has 4 nitrogen and oxygen atoms in total. The SMILES string of the molecule is CC1CCC(O)(Cc2ncnn2C)C1. The first-order valence-electron chi connectivity index (χ1n) is 5.14. The Morgan fingerprint density at radius 1 is 1.71 bits per heavy atom. The highest BCUT2D eigenvalue weighted by atomic mass is 16.3. The van der Waals surface area contributed by atoms with Gasteiger partial charge in [0.05, 0.1) is 5.60 Å². The van der Waals surface area contributed by atoms with Gasteiger partial charge in [0.1, 0.15) is 12.2 Å². The van der Waals surface area contributed by atoms with Crippen LogP contribution in [0.2, 0.25) is 0 Å². The van der Waals surface area contributed by atoms with E-state index in [2.05, 4.69) is 17.0 Å². The summed E-state index contributed by atoms with van der Waals surface area (Å²) in [7, 11) is 1.87. The molecule has 2 atom stereocenters. The van der Waals surface area contributed by atoms with E-state index in [1.54, 1.807) is 4.68 Å². The summed E-state index contributed by atoms with van der Waals surface area (Å²) in [6, 6.07) is 0. The highest BCUT2D eigenvalue weighted by molar-refractivity contribution is 4.97. The van der Waals surface area contributed by atoms with Crippen molar-refractivity contribution < 1.29 is 5.11 Å². The van der Waals surface area contributed by atoms with Crippen LogP contribution in [0.4, 0.5) is 0 Å². The molecule has 1 fully saturated rings. The van der Waals surface area contributed by atoms with Gasteiger partial charge in [-0.3, -0.25) is 4.68 Å². The van der Waals surface area contributed by atoms with Crippen LogP contribution in [-0.4, -0.2) is 25.5 Å². The van der Waals surface area contributed by atoms with Crippen molar-refractivity contribution in [2.75, 3.05) is 0 Å². The van der Waals surface area contributed by atoms with Crippen molar-refractivity contribution in [1.29, 1.82) is 0 Å². The van der Waals surface area contributed by atoms with E-state index >= 15 is 0 Å². The molecule has 4 heteroatoms. The number of hydrogen-bond donors (Lipinski definition) is 1. The molecular weight excluding hydrogens is 178 g/mol. The van der Waals surface area contributed by atoms with Gasteiger partial charge in [-0.25, -0.2) is 4.98 Å². The van der Waals surface area contributed by atoms with Gasteiger partial charge < -0.3 is 5.11 Å². The maximum atomic E-state index is 10.3. The zero-order chi connectivity index (χ0) is 10.2. The first kappa shape index (κ1) is 9.65. The van der Waals surface area contributed by atoms with Gasteiger partial charge in [0.15, 0.2) is 0 Å². The van der Waals surface area contributed by atoms with E-state index in [1.165, 1.54) is 6.33 Å². The van der Waals surface area contributed by atoms with Crippen molar-refractivity contribution in [3.8, 4) is 0 Å². The third-order valence-electron chi connectivity index (χ3n) is 3.12. The molecule has 1 aliphatic rings. The number of aryl methyl sites for hydroxylation is 1. The van der Waals surface area contributed by atoms with Crippen LogP contribution < -0.4 is 0 Å². The molecule has 2 unspecified atom stereocenters. The minimum atomic E-state index is -0.541. The van der Waals surface area contributed by atoms with Gasteiger partial charge in [-0.15, -0.1) is 0 Å². The van der Waals surface area contributed by atoms with Crippen LogP contribution in [-0.2, 0) is 13.5 Å². The molecule has 0 bridgehead atoms. The van der Waals surface area contributed by atoms with Crippen molar-refractivity contribution >= 4 is 0 Å². The molecule has 0 radical (unpaired) electrons. The van der Waals surface area contributed by atoms with Crippen LogP contribution in [0.1, 0.15) is 32.0 Å². The minimum absolute atomic E-state index is 0.541. The Hall–Kier alpha value is -0.900. The molecule has 0 amide bonds. The van der Waals surface area contributed by atoms with Crippen LogP contribution in [0.3, 0.4) is 0 Å². The smallest absolute Gasteiger partial charge is 0.138 e. The maximum absolute atomic E-state index is 10.3. The first-order valence-corrected chi connectivity index (χ1v) is 5.14. The quantitative estimate of drug-likeness (QED) is 0.763. The molecule has 0 aromatic carbocycles. The highest BCUT2D eigenvalue weighted by Crippen LogP contribution is 2.36. The monoisotopic (exact) mass is 195 g/mol. The van der Waals surface area contributed by atoms with Crippen molar-refractivity contribution in [2.24, 2.45) is 13.0 Å². The van der Waals surface area contributed by atoms with E-state index in [9.17, 15) is 5.11 Å². The molecule has 1 aromatic heterocycles. The first-order chi connectivity index (χ1) is 6.59. The van der Waals surface area contributed by atoms with E-state index < -0.39 is 5.60 Å². The van der Waals surface area contributed by atoms with Crippen LogP contribution in [0.25, 0.3) is 0 Å². The second-order valence-corrected chi connectivity index (χ2v) is 4.55. The molecule has 1 heterocycles. The third kappa shape index (κ3) is 1.80. The third-order valence-corrected chi connectivity index (χ3v) is 3.12. The van der Waals surface area contributed by atoms with Gasteiger partial charge in [0.25, 0.3) is 0 Å². The van der Waals surface area contributed by atoms with Crippen LogP contribution in [0.15, 0.2) is 6.33 Å². The number of nitrogens with zero attached hydrogens (tertiary/aromatic N) is 3. The van der Waals surface area contributed by atoms with Gasteiger partial charge in [0.2, 0.25) is 0 Å². The fraction of sp³-hybridized carbons (Fsp3) is 0.800. The molecule has 14 heavy (non-hydrogen) atoms. The predicted molar refractivity (Wildman–Crippen MR) is 52.7 cm³/mol. The summed E-state index contributed by atoms with van der Waals surface area (Å²) in [6.45, 7) is 2.19. The van der Waals surface area contributed by atoms with Crippen molar-refractivity contribution in [3.63, 3.8) is 0 Å². The standard InChI is InChI=1S/C10H17N3O/c1-8-3-4-10(14,5-8)6-9-11-7-12-13(9)2/h7-8,14H,3-6H2,1-2H3. The summed E-state index contributed by atoms with van der Waals surface area (Å²) in [6.07, 6.45) is 5.07. The summed E-state index contributed by atoms with van der Waals surface area (Å²) in [5.74, 6) is 1.51. The average molecular weight is 195 g/mol. The van der Waals surface area contributed by atoms with Crippen LogP contribution >= 0.6 is 0 Å². The fourth-order valence-corrected chi connectivity index (χ4v) is 2.30. The largest absolute Gasteiger partial charge is 0.389 e. The number of aliphatic hydroxyl groups is 1. The van der Waals surface area contributed by atoms with E-state index in [1.807, 2.05) is 7.05 Å². The molecule has 1 N–H and O–H groups in total. The summed E-state index contributed by atoms with van der Waals surface area (Å²) in [4.78, 5) is 4.14. The van der Waals surface area contributed by atoms with Gasteiger partial charge >= 0.3 is 0 Å². The fourth-order valence-electron chi connectivity index (χ4n) is 2.30. The van der Waals surface area contributed by atoms with Crippen molar-refractivity contribution in [2.45, 2.75) is 38.2 Å². The Morgan fingerprint density at radius 2 is 2.50 bits per heavy atom. The molecule has 78 valence electrons. The molecule has 2 rings (SSSR count). The molecule has 0 saturated heterocycles. The van der Waals surface area contributed by atoms with Gasteiger partial charge in [-0.05, 0) is 25.2 Å². The zero-order valence-corrected chi connectivity index (χ0v) is 8.77. The maximum Gasteiger partial charge on any atom is 0.138 e. The Bertz CT molecular complexity index is 323. The Balaban J connectivity index is 2.07. The number of hydrogen-bond acceptors (Lipinski definition) is 3. The summed E-state index contributed by atoms with van der Waals surface area (Å²) < 4.78 is 1.74. The average Bonchev–Trinajstić information content (AvgIpc) is 2.62. The summed E-state index contributed by atoms with van der Waals surface area (Å²) >= 11 is 0. The lowest BCUT2D eigenvalue weighted by Crippen LogP contribution is -2.29. The molecule has 1 aromatic rings. The van der Waals surface area contributed by atoms with E-state index in [0.717, 1.165) is 25.1 Å². The van der Waals surface area contributed by atoms with E-state index in [4.69, 9.17) is 0 Å². The van der Waals surface area contributed by atoms with E-state index in [-0.39, 0.29) is 0 Å². The number of aromatic nitrogens is 3. The number of rotatable bonds is 2. The molecular formula is C10H17N3O. The molecule has 0 spiro atoms. The Labute approximate surface area is 84.0 Å². The summed E-state index contributed by atoms with van der Waals surface area (Å²) in [5.41, 5.74) is -0.541. The molecule has 1 saturated carbocycles. The highest BCUT2D eigenvalue weighted by Gasteiger charge is 2.36. The zero-order valence-electron chi connectivity index (χ0n) is 8.77. The predicted octanol–water partition coefficient (Wildman–Crippen LogP) is 0.909.